The molecule has 0 saturated heterocycles. The Hall–Kier alpha value is -1.61. The van der Waals surface area contributed by atoms with Gasteiger partial charge in [0.25, 0.3) is 0 Å². The first-order valence-corrected chi connectivity index (χ1v) is 11.5. The summed E-state index contributed by atoms with van der Waals surface area (Å²) in [4.78, 5) is 11.0. The van der Waals surface area contributed by atoms with E-state index in [1.54, 1.807) is 0 Å². The van der Waals surface area contributed by atoms with Crippen LogP contribution in [-0.4, -0.2) is 32.6 Å². The van der Waals surface area contributed by atoms with Gasteiger partial charge in [-0.25, -0.2) is 4.79 Å². The largest absolute Gasteiger partial charge is 0.459 e. The standard InChI is InChI=1S/C20H30O4Si/c1-20(2,3)25(5,6)24-18(16-10-8-7-9-11-16)14-12-17(21)13-15-19(22)23-4/h7-11,17-18,21H,12,14H2,1-6H3. The number of aliphatic hydroxyl groups excluding tert-OH is 1. The van der Waals surface area contributed by atoms with Crippen molar-refractivity contribution in [2.45, 2.75) is 64.0 Å². The molecule has 0 spiro atoms. The van der Waals surface area contributed by atoms with Crippen molar-refractivity contribution in [1.82, 2.24) is 0 Å². The Kier molecular flexibility index (Phi) is 7.87. The van der Waals surface area contributed by atoms with Crippen molar-refractivity contribution >= 4 is 14.3 Å². The van der Waals surface area contributed by atoms with Gasteiger partial charge in [-0.1, -0.05) is 57.0 Å². The Morgan fingerprint density at radius 2 is 1.80 bits per heavy atom. The van der Waals surface area contributed by atoms with Gasteiger partial charge < -0.3 is 14.3 Å². The molecule has 2 unspecified atom stereocenters. The Morgan fingerprint density at radius 3 is 2.32 bits per heavy atom. The van der Waals surface area contributed by atoms with E-state index in [1.807, 2.05) is 30.3 Å². The summed E-state index contributed by atoms with van der Waals surface area (Å²) in [5.74, 6) is 4.15. The average molecular weight is 363 g/mol. The molecule has 0 aliphatic rings. The van der Waals surface area contributed by atoms with Gasteiger partial charge in [0.1, 0.15) is 6.10 Å². The van der Waals surface area contributed by atoms with Crippen molar-refractivity contribution in [3.63, 3.8) is 0 Å². The topological polar surface area (TPSA) is 55.8 Å². The van der Waals surface area contributed by atoms with Crippen molar-refractivity contribution in [2.24, 2.45) is 0 Å². The van der Waals surface area contributed by atoms with Crippen molar-refractivity contribution < 1.29 is 19.1 Å². The van der Waals surface area contributed by atoms with E-state index in [-0.39, 0.29) is 11.1 Å². The number of ether oxygens (including phenoxy) is 1. The Morgan fingerprint density at radius 1 is 1.20 bits per heavy atom. The van der Waals surface area contributed by atoms with Crippen LogP contribution in [0.15, 0.2) is 30.3 Å². The predicted octanol–water partition coefficient (Wildman–Crippen LogP) is 4.07. The van der Waals surface area contributed by atoms with Gasteiger partial charge in [-0.2, -0.15) is 0 Å². The second kappa shape index (κ2) is 9.19. The van der Waals surface area contributed by atoms with Gasteiger partial charge in [0, 0.05) is 5.92 Å². The lowest BCUT2D eigenvalue weighted by Gasteiger charge is -2.39. The molecular formula is C20H30O4Si. The minimum Gasteiger partial charge on any atom is -0.459 e. The molecule has 0 bridgehead atoms. The molecule has 138 valence electrons. The lowest BCUT2D eigenvalue weighted by Crippen LogP contribution is -2.42. The Bertz CT molecular complexity index is 608. The summed E-state index contributed by atoms with van der Waals surface area (Å²) in [6.45, 7) is 11.1. The number of rotatable bonds is 6. The molecule has 0 radical (unpaired) electrons. The smallest absolute Gasteiger partial charge is 0.384 e. The summed E-state index contributed by atoms with van der Waals surface area (Å²) in [6.07, 6.45) is 0.0797. The second-order valence-corrected chi connectivity index (χ2v) is 12.4. The summed E-state index contributed by atoms with van der Waals surface area (Å²) < 4.78 is 11.0. The minimum absolute atomic E-state index is 0.100. The van der Waals surface area contributed by atoms with Crippen LogP contribution in [0.3, 0.4) is 0 Å². The summed E-state index contributed by atoms with van der Waals surface area (Å²) in [5, 5.41) is 10.1. The summed E-state index contributed by atoms with van der Waals surface area (Å²) >= 11 is 0. The predicted molar refractivity (Wildman–Crippen MR) is 102 cm³/mol. The molecule has 0 saturated carbocycles. The number of carbonyl (C=O) groups excluding carboxylic acids is 1. The first-order chi connectivity index (χ1) is 11.6. The van der Waals surface area contributed by atoms with E-state index < -0.39 is 20.4 Å². The van der Waals surface area contributed by atoms with Gasteiger partial charge in [-0.3, -0.25) is 0 Å². The van der Waals surface area contributed by atoms with E-state index in [9.17, 15) is 9.90 Å². The van der Waals surface area contributed by atoms with Crippen LogP contribution < -0.4 is 0 Å². The maximum absolute atomic E-state index is 11.0. The third-order valence-electron chi connectivity index (χ3n) is 4.64. The Labute approximate surface area is 152 Å². The molecule has 0 aromatic heterocycles. The maximum atomic E-state index is 11.0. The number of carbonyl (C=O) groups is 1. The van der Waals surface area contributed by atoms with Crippen LogP contribution in [0.1, 0.15) is 45.3 Å². The van der Waals surface area contributed by atoms with Gasteiger partial charge in [0.2, 0.25) is 0 Å². The molecule has 0 aliphatic heterocycles. The van der Waals surface area contributed by atoms with Crippen LogP contribution in [0.2, 0.25) is 18.1 Å². The number of hydrogen-bond acceptors (Lipinski definition) is 4. The molecule has 0 amide bonds. The van der Waals surface area contributed by atoms with Crippen LogP contribution in [0, 0.1) is 11.8 Å². The van der Waals surface area contributed by atoms with Crippen molar-refractivity contribution in [1.29, 1.82) is 0 Å². The zero-order valence-corrected chi connectivity index (χ0v) is 17.1. The third kappa shape index (κ3) is 7.03. The van der Waals surface area contributed by atoms with Gasteiger partial charge in [0.05, 0.1) is 13.2 Å². The summed E-state index contributed by atoms with van der Waals surface area (Å²) in [5.41, 5.74) is 1.10. The fraction of sp³-hybridized carbons (Fsp3) is 0.550. The van der Waals surface area contributed by atoms with Crippen LogP contribution in [0.4, 0.5) is 0 Å². The number of methoxy groups -OCH3 is 1. The normalized spacial score (nSPS) is 14.2. The molecule has 5 heteroatoms. The SMILES string of the molecule is COC(=O)C#CC(O)CCC(O[Si](C)(C)C(C)(C)C)c1ccccc1. The van der Waals surface area contributed by atoms with E-state index in [0.29, 0.717) is 12.8 Å². The van der Waals surface area contributed by atoms with Crippen LogP contribution in [-0.2, 0) is 14.0 Å². The molecule has 2 atom stereocenters. The third-order valence-corrected chi connectivity index (χ3v) is 9.13. The van der Waals surface area contributed by atoms with Crippen LogP contribution >= 0.6 is 0 Å². The molecule has 1 rings (SSSR count). The van der Waals surface area contributed by atoms with Gasteiger partial charge in [0.15, 0.2) is 8.32 Å². The highest BCUT2D eigenvalue weighted by Crippen LogP contribution is 2.40. The molecule has 0 fully saturated rings. The first-order valence-electron chi connectivity index (χ1n) is 8.57. The van der Waals surface area contributed by atoms with Gasteiger partial charge in [-0.05, 0) is 36.5 Å². The highest BCUT2D eigenvalue weighted by molar-refractivity contribution is 6.74. The molecule has 0 aliphatic carbocycles. The van der Waals surface area contributed by atoms with Crippen LogP contribution in [0.25, 0.3) is 0 Å². The lowest BCUT2D eigenvalue weighted by atomic mass is 10.0. The summed E-state index contributed by atoms with van der Waals surface area (Å²) in [6, 6.07) is 10.0. The minimum atomic E-state index is -1.96. The molecule has 1 aromatic rings. The monoisotopic (exact) mass is 362 g/mol. The molecule has 0 heterocycles. The zero-order valence-electron chi connectivity index (χ0n) is 16.1. The van der Waals surface area contributed by atoms with Crippen LogP contribution in [0.5, 0.6) is 0 Å². The summed E-state index contributed by atoms with van der Waals surface area (Å²) in [7, 11) is -0.691. The van der Waals surface area contributed by atoms with Crippen molar-refractivity contribution in [3.05, 3.63) is 35.9 Å². The lowest BCUT2D eigenvalue weighted by molar-refractivity contribution is -0.133. The fourth-order valence-corrected chi connectivity index (χ4v) is 3.39. The van der Waals surface area contributed by atoms with E-state index in [1.165, 1.54) is 7.11 Å². The molecule has 1 aromatic carbocycles. The number of aliphatic hydroxyl groups is 1. The molecular weight excluding hydrogens is 332 g/mol. The molecule has 1 N–H and O–H groups in total. The second-order valence-electron chi connectivity index (χ2n) is 7.63. The quantitative estimate of drug-likeness (QED) is 0.359. The van der Waals surface area contributed by atoms with E-state index in [0.717, 1.165) is 5.56 Å². The van der Waals surface area contributed by atoms with Gasteiger partial charge in [-0.15, -0.1) is 0 Å². The highest BCUT2D eigenvalue weighted by Gasteiger charge is 2.39. The molecule has 25 heavy (non-hydrogen) atoms. The first kappa shape index (κ1) is 21.4. The zero-order chi connectivity index (χ0) is 19.1. The maximum Gasteiger partial charge on any atom is 0.384 e. The van der Waals surface area contributed by atoms with Crippen molar-refractivity contribution in [2.75, 3.05) is 7.11 Å². The van der Waals surface area contributed by atoms with E-state index >= 15 is 0 Å². The fourth-order valence-electron chi connectivity index (χ4n) is 2.07. The average Bonchev–Trinajstić information content (AvgIpc) is 2.56. The van der Waals surface area contributed by atoms with E-state index in [4.69, 9.17) is 4.43 Å². The number of hydrogen-bond donors (Lipinski definition) is 1. The highest BCUT2D eigenvalue weighted by atomic mass is 28.4. The van der Waals surface area contributed by atoms with Gasteiger partial charge >= 0.3 is 5.97 Å². The number of esters is 1. The Balaban J connectivity index is 2.86. The van der Waals surface area contributed by atoms with E-state index in [2.05, 4.69) is 50.4 Å². The molecule has 4 nitrogen and oxygen atoms in total. The number of benzene rings is 1. The van der Waals surface area contributed by atoms with Crippen molar-refractivity contribution in [3.8, 4) is 11.8 Å².